The molecule has 146 valence electrons. The molecule has 3 aromatic carbocycles. The average molecular weight is 406 g/mol. The molecule has 0 fully saturated rings. The first-order valence-electron chi connectivity index (χ1n) is 9.14. The smallest absolute Gasteiger partial charge is 0.262 e. The number of benzene rings is 3. The molecule has 0 aliphatic rings. The summed E-state index contributed by atoms with van der Waals surface area (Å²) < 4.78 is 20.1. The SMILES string of the molecule is COc1ccc(CSc2nc3ccccc3c(=O)n2Cc2ccc(F)cc2)cc1. The third kappa shape index (κ3) is 4.32. The number of ether oxygens (including phenoxy) is 1. The third-order valence-corrected chi connectivity index (χ3v) is 5.66. The van der Waals surface area contributed by atoms with E-state index in [9.17, 15) is 9.18 Å². The van der Waals surface area contributed by atoms with E-state index in [4.69, 9.17) is 9.72 Å². The largest absolute Gasteiger partial charge is 0.497 e. The number of thioether (sulfide) groups is 1. The lowest BCUT2D eigenvalue weighted by Crippen LogP contribution is -2.24. The van der Waals surface area contributed by atoms with Gasteiger partial charge in [0.25, 0.3) is 5.56 Å². The Kier molecular flexibility index (Phi) is 5.62. The highest BCUT2D eigenvalue weighted by molar-refractivity contribution is 7.98. The quantitative estimate of drug-likeness (QED) is 0.338. The summed E-state index contributed by atoms with van der Waals surface area (Å²) in [6, 6.07) is 21.3. The van der Waals surface area contributed by atoms with Crippen molar-refractivity contribution in [2.75, 3.05) is 7.11 Å². The van der Waals surface area contributed by atoms with Gasteiger partial charge in [0.2, 0.25) is 0 Å². The second-order valence-corrected chi connectivity index (χ2v) is 7.51. The van der Waals surface area contributed by atoms with Gasteiger partial charge >= 0.3 is 0 Å². The molecule has 0 aliphatic carbocycles. The highest BCUT2D eigenvalue weighted by Crippen LogP contribution is 2.24. The number of aromatic nitrogens is 2. The van der Waals surface area contributed by atoms with Crippen LogP contribution in [0.25, 0.3) is 10.9 Å². The Morgan fingerprint density at radius 1 is 0.966 bits per heavy atom. The molecule has 0 amide bonds. The van der Waals surface area contributed by atoms with Crippen LogP contribution in [0.4, 0.5) is 4.39 Å². The van der Waals surface area contributed by atoms with Crippen LogP contribution in [-0.4, -0.2) is 16.7 Å². The molecule has 4 aromatic rings. The van der Waals surface area contributed by atoms with E-state index in [2.05, 4.69) is 0 Å². The summed E-state index contributed by atoms with van der Waals surface area (Å²) in [5.74, 6) is 1.17. The van der Waals surface area contributed by atoms with Crippen LogP contribution < -0.4 is 10.3 Å². The molecule has 0 aliphatic heterocycles. The molecule has 0 radical (unpaired) electrons. The van der Waals surface area contributed by atoms with Crippen molar-refractivity contribution in [3.63, 3.8) is 0 Å². The van der Waals surface area contributed by atoms with Gasteiger partial charge in [0, 0.05) is 5.75 Å². The molecule has 0 unspecified atom stereocenters. The van der Waals surface area contributed by atoms with E-state index in [1.807, 2.05) is 42.5 Å². The molecule has 1 aromatic heterocycles. The van der Waals surface area contributed by atoms with Crippen LogP contribution in [0.15, 0.2) is 82.7 Å². The summed E-state index contributed by atoms with van der Waals surface area (Å²) in [6.07, 6.45) is 0. The monoisotopic (exact) mass is 406 g/mol. The van der Waals surface area contributed by atoms with Gasteiger partial charge in [-0.05, 0) is 47.5 Å². The molecular formula is C23H19FN2O2S. The molecule has 0 spiro atoms. The Morgan fingerprint density at radius 3 is 2.38 bits per heavy atom. The first-order valence-corrected chi connectivity index (χ1v) is 10.1. The van der Waals surface area contributed by atoms with Crippen LogP contribution in [-0.2, 0) is 12.3 Å². The zero-order valence-electron chi connectivity index (χ0n) is 15.8. The van der Waals surface area contributed by atoms with E-state index in [-0.39, 0.29) is 11.4 Å². The van der Waals surface area contributed by atoms with Crippen molar-refractivity contribution in [2.45, 2.75) is 17.5 Å². The molecule has 29 heavy (non-hydrogen) atoms. The first-order chi connectivity index (χ1) is 14.1. The Hall–Kier alpha value is -3.12. The molecule has 1 heterocycles. The number of fused-ring (bicyclic) bond motifs is 1. The minimum atomic E-state index is -0.299. The maximum Gasteiger partial charge on any atom is 0.262 e. The van der Waals surface area contributed by atoms with Crippen molar-refractivity contribution in [3.8, 4) is 5.75 Å². The Balaban J connectivity index is 1.69. The number of hydrogen-bond donors (Lipinski definition) is 0. The van der Waals surface area contributed by atoms with Crippen molar-refractivity contribution < 1.29 is 9.13 Å². The van der Waals surface area contributed by atoms with Crippen LogP contribution >= 0.6 is 11.8 Å². The molecule has 0 atom stereocenters. The van der Waals surface area contributed by atoms with Crippen molar-refractivity contribution in [1.82, 2.24) is 9.55 Å². The highest BCUT2D eigenvalue weighted by Gasteiger charge is 2.12. The van der Waals surface area contributed by atoms with Gasteiger partial charge in [0.1, 0.15) is 11.6 Å². The molecule has 4 rings (SSSR count). The minimum absolute atomic E-state index is 0.0999. The molecule has 6 heteroatoms. The molecule has 0 N–H and O–H groups in total. The Bertz CT molecular complexity index is 1190. The zero-order chi connectivity index (χ0) is 20.2. The van der Waals surface area contributed by atoms with E-state index in [0.29, 0.717) is 28.4 Å². The second-order valence-electron chi connectivity index (χ2n) is 6.57. The van der Waals surface area contributed by atoms with Gasteiger partial charge in [-0.2, -0.15) is 0 Å². The van der Waals surface area contributed by atoms with Crippen molar-refractivity contribution in [3.05, 3.63) is 100 Å². The van der Waals surface area contributed by atoms with Gasteiger partial charge in [-0.3, -0.25) is 9.36 Å². The fourth-order valence-electron chi connectivity index (χ4n) is 3.04. The molecule has 0 bridgehead atoms. The summed E-state index contributed by atoms with van der Waals surface area (Å²) in [6.45, 7) is 0.335. The summed E-state index contributed by atoms with van der Waals surface area (Å²) in [5, 5.41) is 1.21. The standard InChI is InChI=1S/C23H19FN2O2S/c1-28-19-12-8-17(9-13-19)15-29-23-25-21-5-3-2-4-20(21)22(27)26(23)14-16-6-10-18(24)11-7-16/h2-13H,14-15H2,1H3. The van der Waals surface area contributed by atoms with E-state index in [1.54, 1.807) is 29.9 Å². The lowest BCUT2D eigenvalue weighted by Gasteiger charge is -2.13. The number of para-hydroxylation sites is 1. The Labute approximate surface area is 172 Å². The average Bonchev–Trinajstić information content (AvgIpc) is 2.76. The third-order valence-electron chi connectivity index (χ3n) is 4.61. The first kappa shape index (κ1) is 19.2. The van der Waals surface area contributed by atoms with Gasteiger partial charge in [-0.15, -0.1) is 0 Å². The van der Waals surface area contributed by atoms with Crippen LogP contribution in [0, 0.1) is 5.82 Å². The fraction of sp³-hybridized carbons (Fsp3) is 0.130. The van der Waals surface area contributed by atoms with E-state index in [1.165, 1.54) is 23.9 Å². The summed E-state index contributed by atoms with van der Waals surface area (Å²) in [4.78, 5) is 17.9. The zero-order valence-corrected chi connectivity index (χ0v) is 16.7. The van der Waals surface area contributed by atoms with E-state index < -0.39 is 0 Å². The van der Waals surface area contributed by atoms with E-state index >= 15 is 0 Å². The van der Waals surface area contributed by atoms with E-state index in [0.717, 1.165) is 16.9 Å². The van der Waals surface area contributed by atoms with Gasteiger partial charge < -0.3 is 4.74 Å². The van der Waals surface area contributed by atoms with Gasteiger partial charge in [0.05, 0.1) is 24.6 Å². The van der Waals surface area contributed by atoms with Gasteiger partial charge in [-0.25, -0.2) is 9.37 Å². The number of hydrogen-bond acceptors (Lipinski definition) is 4. The lowest BCUT2D eigenvalue weighted by atomic mass is 10.2. The molecule has 0 saturated carbocycles. The topological polar surface area (TPSA) is 44.1 Å². The van der Waals surface area contributed by atoms with Gasteiger partial charge in [-0.1, -0.05) is 48.2 Å². The predicted molar refractivity (Wildman–Crippen MR) is 114 cm³/mol. The number of halogens is 1. The maximum atomic E-state index is 13.3. The highest BCUT2D eigenvalue weighted by atomic mass is 32.2. The predicted octanol–water partition coefficient (Wildman–Crippen LogP) is 4.88. The number of nitrogens with zero attached hydrogens (tertiary/aromatic N) is 2. The van der Waals surface area contributed by atoms with Crippen LogP contribution in [0.1, 0.15) is 11.1 Å². The maximum absolute atomic E-state index is 13.3. The number of rotatable bonds is 6. The van der Waals surface area contributed by atoms with Crippen molar-refractivity contribution in [1.29, 1.82) is 0 Å². The van der Waals surface area contributed by atoms with Crippen LogP contribution in [0.5, 0.6) is 5.75 Å². The molecule has 4 nitrogen and oxygen atoms in total. The van der Waals surface area contributed by atoms with Crippen molar-refractivity contribution in [2.24, 2.45) is 0 Å². The normalized spacial score (nSPS) is 11.0. The summed E-state index contributed by atoms with van der Waals surface area (Å²) >= 11 is 1.50. The van der Waals surface area contributed by atoms with Crippen LogP contribution in [0.3, 0.4) is 0 Å². The molecule has 0 saturated heterocycles. The van der Waals surface area contributed by atoms with Crippen molar-refractivity contribution >= 4 is 22.7 Å². The fourth-order valence-corrected chi connectivity index (χ4v) is 3.99. The van der Waals surface area contributed by atoms with Crippen LogP contribution in [0.2, 0.25) is 0 Å². The lowest BCUT2D eigenvalue weighted by molar-refractivity contribution is 0.414. The summed E-state index contributed by atoms with van der Waals surface area (Å²) in [5.41, 5.74) is 2.52. The molecular weight excluding hydrogens is 387 g/mol. The minimum Gasteiger partial charge on any atom is -0.497 e. The number of methoxy groups -OCH3 is 1. The Morgan fingerprint density at radius 2 is 1.66 bits per heavy atom. The van der Waals surface area contributed by atoms with Gasteiger partial charge in [0.15, 0.2) is 5.16 Å². The second kappa shape index (κ2) is 8.49. The summed E-state index contributed by atoms with van der Waals surface area (Å²) in [7, 11) is 1.64.